The molecule has 0 unspecified atom stereocenters. The molecule has 2 N–H and O–H groups in total. The van der Waals surface area contributed by atoms with Crippen molar-refractivity contribution in [2.45, 2.75) is 20.3 Å². The topological polar surface area (TPSA) is 121 Å². The number of carboxylic acids is 1. The van der Waals surface area contributed by atoms with Gasteiger partial charge in [-0.05, 0) is 20.3 Å². The standard InChI is InChI=1S/C12H18N2O6S/c1-8(9(2)11(16)17)10(15)13-12(18)14-4-3-6-21(19,20)7-5-14/h3-7H2,1-2H3,(H,16,17)(H,13,15,18). The zero-order chi connectivity index (χ0) is 16.2. The Hall–Kier alpha value is -1.90. The monoisotopic (exact) mass is 318 g/mol. The van der Waals surface area contributed by atoms with Crippen LogP contribution in [0.3, 0.4) is 0 Å². The third kappa shape index (κ3) is 4.85. The average molecular weight is 318 g/mol. The molecule has 1 heterocycles. The molecule has 1 fully saturated rings. The second kappa shape index (κ2) is 6.70. The Bertz CT molecular complexity index is 593. The zero-order valence-corrected chi connectivity index (χ0v) is 12.7. The zero-order valence-electron chi connectivity index (χ0n) is 11.9. The third-order valence-corrected chi connectivity index (χ3v) is 5.00. The Kier molecular flexibility index (Phi) is 5.47. The Labute approximate surface area is 122 Å². The number of imide groups is 1. The van der Waals surface area contributed by atoms with E-state index in [2.05, 4.69) is 5.32 Å². The highest BCUT2D eigenvalue weighted by atomic mass is 32.2. The lowest BCUT2D eigenvalue weighted by Gasteiger charge is -2.19. The van der Waals surface area contributed by atoms with E-state index in [0.717, 1.165) is 0 Å². The normalized spacial score (nSPS) is 19.2. The number of sulfone groups is 1. The van der Waals surface area contributed by atoms with E-state index in [0.29, 0.717) is 6.42 Å². The summed E-state index contributed by atoms with van der Waals surface area (Å²) in [5.41, 5.74) is -0.225. The van der Waals surface area contributed by atoms with Crippen molar-refractivity contribution < 1.29 is 27.9 Å². The highest BCUT2D eigenvalue weighted by molar-refractivity contribution is 7.91. The minimum absolute atomic E-state index is 0.0157. The fourth-order valence-electron chi connectivity index (χ4n) is 1.74. The number of nitrogens with zero attached hydrogens (tertiary/aromatic N) is 1. The fourth-order valence-corrected chi connectivity index (χ4v) is 3.01. The molecule has 1 saturated heterocycles. The number of rotatable bonds is 2. The molecule has 21 heavy (non-hydrogen) atoms. The molecule has 0 radical (unpaired) electrons. The van der Waals surface area contributed by atoms with Crippen LogP contribution in [-0.2, 0) is 19.4 Å². The lowest BCUT2D eigenvalue weighted by molar-refractivity contribution is -0.133. The molecule has 9 heteroatoms. The van der Waals surface area contributed by atoms with Crippen molar-refractivity contribution in [1.82, 2.24) is 10.2 Å². The summed E-state index contributed by atoms with van der Waals surface area (Å²) in [5, 5.41) is 10.9. The molecule has 0 saturated carbocycles. The van der Waals surface area contributed by atoms with Crippen LogP contribution in [0.1, 0.15) is 20.3 Å². The van der Waals surface area contributed by atoms with E-state index >= 15 is 0 Å². The second-order valence-electron chi connectivity index (χ2n) is 4.81. The number of carbonyl (C=O) groups is 3. The second-order valence-corrected chi connectivity index (χ2v) is 7.11. The van der Waals surface area contributed by atoms with Crippen LogP contribution in [-0.4, -0.2) is 60.9 Å². The SMILES string of the molecule is CC(C(=O)O)=C(C)C(=O)NC(=O)N1CCCS(=O)(=O)CC1. The fraction of sp³-hybridized carbons (Fsp3) is 0.583. The Morgan fingerprint density at radius 1 is 1.05 bits per heavy atom. The molecule has 0 spiro atoms. The van der Waals surface area contributed by atoms with E-state index in [9.17, 15) is 22.8 Å². The molecule has 8 nitrogen and oxygen atoms in total. The van der Waals surface area contributed by atoms with Gasteiger partial charge in [0.2, 0.25) is 0 Å². The summed E-state index contributed by atoms with van der Waals surface area (Å²) >= 11 is 0. The minimum atomic E-state index is -3.15. The van der Waals surface area contributed by atoms with Crippen LogP contribution in [0.2, 0.25) is 0 Å². The first-order valence-corrected chi connectivity index (χ1v) is 8.17. The van der Waals surface area contributed by atoms with E-state index < -0.39 is 27.7 Å². The van der Waals surface area contributed by atoms with E-state index in [1.54, 1.807) is 0 Å². The summed E-state index contributed by atoms with van der Waals surface area (Å²) in [6.45, 7) is 2.82. The quantitative estimate of drug-likeness (QED) is 0.678. The molecular formula is C12H18N2O6S. The summed E-state index contributed by atoms with van der Waals surface area (Å²) < 4.78 is 22.9. The average Bonchev–Trinajstić information content (AvgIpc) is 2.57. The number of aliphatic carboxylic acids is 1. The summed E-state index contributed by atoms with van der Waals surface area (Å²) in [7, 11) is -3.15. The Morgan fingerprint density at radius 2 is 1.67 bits per heavy atom. The van der Waals surface area contributed by atoms with Gasteiger partial charge in [0.25, 0.3) is 5.91 Å². The van der Waals surface area contributed by atoms with Gasteiger partial charge in [0.1, 0.15) is 0 Å². The van der Waals surface area contributed by atoms with E-state index in [1.807, 2.05) is 0 Å². The number of urea groups is 1. The van der Waals surface area contributed by atoms with Crippen LogP contribution in [0.4, 0.5) is 4.79 Å². The Balaban J connectivity index is 2.71. The maximum atomic E-state index is 11.9. The van der Waals surface area contributed by atoms with Crippen LogP contribution in [0.15, 0.2) is 11.1 Å². The van der Waals surface area contributed by atoms with Gasteiger partial charge in [0, 0.05) is 24.2 Å². The first-order valence-electron chi connectivity index (χ1n) is 6.35. The molecule has 0 atom stereocenters. The van der Waals surface area contributed by atoms with Crippen molar-refractivity contribution in [3.63, 3.8) is 0 Å². The van der Waals surface area contributed by atoms with Crippen molar-refractivity contribution >= 4 is 27.7 Å². The van der Waals surface area contributed by atoms with Gasteiger partial charge in [-0.1, -0.05) is 0 Å². The van der Waals surface area contributed by atoms with Crippen molar-refractivity contribution in [3.05, 3.63) is 11.1 Å². The van der Waals surface area contributed by atoms with Gasteiger partial charge in [0.15, 0.2) is 9.84 Å². The highest BCUT2D eigenvalue weighted by Gasteiger charge is 2.24. The van der Waals surface area contributed by atoms with Gasteiger partial charge in [-0.25, -0.2) is 18.0 Å². The number of carbonyl (C=O) groups excluding carboxylic acids is 2. The van der Waals surface area contributed by atoms with E-state index in [-0.39, 0.29) is 35.7 Å². The maximum Gasteiger partial charge on any atom is 0.331 e. The van der Waals surface area contributed by atoms with Crippen molar-refractivity contribution in [1.29, 1.82) is 0 Å². The first kappa shape index (κ1) is 17.2. The van der Waals surface area contributed by atoms with Crippen molar-refractivity contribution in [3.8, 4) is 0 Å². The summed E-state index contributed by atoms with van der Waals surface area (Å²) in [5.74, 6) is -2.16. The maximum absolute atomic E-state index is 11.9. The van der Waals surface area contributed by atoms with Crippen molar-refractivity contribution in [2.24, 2.45) is 0 Å². The van der Waals surface area contributed by atoms with Gasteiger partial charge >= 0.3 is 12.0 Å². The van der Waals surface area contributed by atoms with Crippen molar-refractivity contribution in [2.75, 3.05) is 24.6 Å². The number of hydrogen-bond acceptors (Lipinski definition) is 5. The summed E-state index contributed by atoms with van der Waals surface area (Å²) in [6.07, 6.45) is 0.312. The highest BCUT2D eigenvalue weighted by Crippen LogP contribution is 2.07. The molecular weight excluding hydrogens is 300 g/mol. The van der Waals surface area contributed by atoms with Gasteiger partial charge in [-0.15, -0.1) is 0 Å². The number of nitrogens with one attached hydrogen (secondary N) is 1. The lowest BCUT2D eigenvalue weighted by atomic mass is 10.1. The molecule has 1 rings (SSSR count). The van der Waals surface area contributed by atoms with Crippen LogP contribution < -0.4 is 5.32 Å². The third-order valence-electron chi connectivity index (χ3n) is 3.29. The predicted molar refractivity (Wildman–Crippen MR) is 74.4 cm³/mol. The van der Waals surface area contributed by atoms with E-state index in [4.69, 9.17) is 5.11 Å². The largest absolute Gasteiger partial charge is 0.478 e. The van der Waals surface area contributed by atoms with Crippen LogP contribution in [0.25, 0.3) is 0 Å². The number of carboxylic acid groups (broad SMARTS) is 1. The molecule has 0 aliphatic carbocycles. The van der Waals surface area contributed by atoms with Gasteiger partial charge in [-0.2, -0.15) is 0 Å². The van der Waals surface area contributed by atoms with Crippen LogP contribution in [0, 0.1) is 0 Å². The molecule has 0 aromatic heterocycles. The van der Waals surface area contributed by atoms with E-state index in [1.165, 1.54) is 18.7 Å². The van der Waals surface area contributed by atoms with Gasteiger partial charge < -0.3 is 10.0 Å². The summed E-state index contributed by atoms with van der Waals surface area (Å²) in [4.78, 5) is 35.6. The van der Waals surface area contributed by atoms with Crippen LogP contribution >= 0.6 is 0 Å². The summed E-state index contributed by atoms with van der Waals surface area (Å²) in [6, 6.07) is -0.713. The minimum Gasteiger partial charge on any atom is -0.478 e. The molecule has 0 bridgehead atoms. The first-order chi connectivity index (χ1) is 9.64. The molecule has 118 valence electrons. The molecule has 0 aromatic carbocycles. The molecule has 0 aromatic rings. The smallest absolute Gasteiger partial charge is 0.331 e. The number of hydrogen-bond donors (Lipinski definition) is 2. The number of amides is 3. The predicted octanol–water partition coefficient (Wildman–Crippen LogP) is -0.236. The van der Waals surface area contributed by atoms with Crippen LogP contribution in [0.5, 0.6) is 0 Å². The van der Waals surface area contributed by atoms with Gasteiger partial charge in [-0.3, -0.25) is 10.1 Å². The Morgan fingerprint density at radius 3 is 2.24 bits per heavy atom. The molecule has 1 aliphatic rings. The molecule has 3 amide bonds. The molecule has 1 aliphatic heterocycles. The van der Waals surface area contributed by atoms with Gasteiger partial charge in [0.05, 0.1) is 11.5 Å². The lowest BCUT2D eigenvalue weighted by Crippen LogP contribution is -2.44.